The minimum Gasteiger partial charge on any atom is -0.466 e. The van der Waals surface area contributed by atoms with Crippen LogP contribution in [0.2, 0.25) is 0 Å². The molecular weight excluding hydrogens is 144 g/mol. The molecule has 3 nitrogen and oxygen atoms in total. The minimum atomic E-state index is -0.108. The van der Waals surface area contributed by atoms with Crippen LogP contribution in [0.1, 0.15) is 26.2 Å². The van der Waals surface area contributed by atoms with Gasteiger partial charge in [0.2, 0.25) is 0 Å². The highest BCUT2D eigenvalue weighted by atomic mass is 16.5. The van der Waals surface area contributed by atoms with Crippen LogP contribution in [0.4, 0.5) is 0 Å². The van der Waals surface area contributed by atoms with E-state index in [0.717, 1.165) is 12.8 Å². The van der Waals surface area contributed by atoms with E-state index in [9.17, 15) is 4.79 Å². The summed E-state index contributed by atoms with van der Waals surface area (Å²) in [5.74, 6) is -0.108. The number of carbonyl (C=O) groups excluding carboxylic acids is 1. The molecule has 0 aromatic heterocycles. The van der Waals surface area contributed by atoms with Crippen molar-refractivity contribution < 1.29 is 14.3 Å². The summed E-state index contributed by atoms with van der Waals surface area (Å²) < 4.78 is 9.66. The van der Waals surface area contributed by atoms with Crippen molar-refractivity contribution in [1.29, 1.82) is 0 Å². The largest absolute Gasteiger partial charge is 0.466 e. The van der Waals surface area contributed by atoms with Gasteiger partial charge in [0.25, 0.3) is 0 Å². The van der Waals surface area contributed by atoms with E-state index in [4.69, 9.17) is 9.47 Å². The summed E-state index contributed by atoms with van der Waals surface area (Å²) in [5, 5.41) is 0. The molecule has 0 bridgehead atoms. The van der Waals surface area contributed by atoms with Crippen LogP contribution < -0.4 is 0 Å². The van der Waals surface area contributed by atoms with Crippen molar-refractivity contribution >= 4 is 5.97 Å². The molecule has 0 N–H and O–H groups in total. The Morgan fingerprint density at radius 3 is 2.64 bits per heavy atom. The molecule has 11 heavy (non-hydrogen) atoms. The Morgan fingerprint density at radius 1 is 1.36 bits per heavy atom. The lowest BCUT2D eigenvalue weighted by Crippen LogP contribution is -2.06. The Labute approximate surface area is 67.7 Å². The van der Waals surface area contributed by atoms with Crippen molar-refractivity contribution in [1.82, 2.24) is 0 Å². The molecule has 0 saturated heterocycles. The molecule has 0 saturated carbocycles. The molecule has 0 heterocycles. The van der Waals surface area contributed by atoms with Gasteiger partial charge in [-0.25, -0.2) is 0 Å². The number of hydrogen-bond acceptors (Lipinski definition) is 3. The van der Waals surface area contributed by atoms with Crippen LogP contribution in [0.5, 0.6) is 0 Å². The van der Waals surface area contributed by atoms with Crippen molar-refractivity contribution in [3.05, 3.63) is 0 Å². The Kier molecular flexibility index (Phi) is 7.15. The second-order valence-electron chi connectivity index (χ2n) is 2.32. The molecule has 0 unspecified atom stereocenters. The van der Waals surface area contributed by atoms with Gasteiger partial charge in [-0.3, -0.25) is 4.79 Å². The maximum Gasteiger partial charge on any atom is 0.305 e. The second-order valence-corrected chi connectivity index (χ2v) is 2.32. The average Bonchev–Trinajstić information content (AvgIpc) is 1.99. The zero-order chi connectivity index (χ0) is 8.53. The van der Waals surface area contributed by atoms with Crippen LogP contribution >= 0.6 is 0 Å². The molecule has 0 aromatic carbocycles. The molecular formula is C8H16O3. The molecule has 3 heteroatoms. The fourth-order valence-electron chi connectivity index (χ4n) is 0.666. The van der Waals surface area contributed by atoms with Crippen molar-refractivity contribution in [3.63, 3.8) is 0 Å². The normalized spacial score (nSPS) is 9.64. The number of carbonyl (C=O) groups is 1. The summed E-state index contributed by atoms with van der Waals surface area (Å²) in [7, 11) is 1.63. The molecule has 66 valence electrons. The second kappa shape index (κ2) is 7.54. The van der Waals surface area contributed by atoms with Crippen LogP contribution in [0, 0.1) is 0 Å². The quantitative estimate of drug-likeness (QED) is 0.435. The predicted molar refractivity (Wildman–Crippen MR) is 42.4 cm³/mol. The van der Waals surface area contributed by atoms with Crippen LogP contribution in [-0.4, -0.2) is 26.3 Å². The van der Waals surface area contributed by atoms with E-state index >= 15 is 0 Å². The number of hydrogen-bond donors (Lipinski definition) is 0. The van der Waals surface area contributed by atoms with Gasteiger partial charge in [-0.05, 0) is 6.42 Å². The molecule has 0 fully saturated rings. The van der Waals surface area contributed by atoms with Gasteiger partial charge in [0.05, 0.1) is 6.61 Å². The highest BCUT2D eigenvalue weighted by Gasteiger charge is 1.98. The molecule has 0 aliphatic carbocycles. The third-order valence-electron chi connectivity index (χ3n) is 1.21. The Balaban J connectivity index is 3.04. The van der Waals surface area contributed by atoms with E-state index < -0.39 is 0 Å². The topological polar surface area (TPSA) is 35.5 Å². The molecule has 0 radical (unpaired) electrons. The van der Waals surface area contributed by atoms with Gasteiger partial charge >= 0.3 is 5.97 Å². The SMILES string of the molecule is CCCC(=O)OCCCOC. The Bertz CT molecular complexity index is 102. The summed E-state index contributed by atoms with van der Waals surface area (Å²) in [5.41, 5.74) is 0. The number of methoxy groups -OCH3 is 1. The molecule has 0 amide bonds. The highest BCUT2D eigenvalue weighted by Crippen LogP contribution is 1.92. The molecule has 0 spiro atoms. The molecule has 0 aliphatic heterocycles. The van der Waals surface area contributed by atoms with E-state index in [0.29, 0.717) is 19.6 Å². The van der Waals surface area contributed by atoms with Gasteiger partial charge in [-0.15, -0.1) is 0 Å². The lowest BCUT2D eigenvalue weighted by Gasteiger charge is -2.02. The fourth-order valence-corrected chi connectivity index (χ4v) is 0.666. The summed E-state index contributed by atoms with van der Waals surface area (Å²) in [4.78, 5) is 10.7. The third-order valence-corrected chi connectivity index (χ3v) is 1.21. The van der Waals surface area contributed by atoms with E-state index in [1.807, 2.05) is 6.92 Å². The molecule has 0 rings (SSSR count). The lowest BCUT2D eigenvalue weighted by atomic mass is 10.3. The first kappa shape index (κ1) is 10.4. The van der Waals surface area contributed by atoms with Crippen LogP contribution in [0.15, 0.2) is 0 Å². The van der Waals surface area contributed by atoms with E-state index in [1.54, 1.807) is 7.11 Å². The summed E-state index contributed by atoms with van der Waals surface area (Å²) >= 11 is 0. The minimum absolute atomic E-state index is 0.108. The maximum absolute atomic E-state index is 10.7. The van der Waals surface area contributed by atoms with Crippen LogP contribution in [-0.2, 0) is 14.3 Å². The average molecular weight is 160 g/mol. The van der Waals surface area contributed by atoms with Crippen molar-refractivity contribution in [3.8, 4) is 0 Å². The lowest BCUT2D eigenvalue weighted by molar-refractivity contribution is -0.144. The van der Waals surface area contributed by atoms with E-state index in [1.165, 1.54) is 0 Å². The van der Waals surface area contributed by atoms with Gasteiger partial charge in [0.15, 0.2) is 0 Å². The van der Waals surface area contributed by atoms with E-state index in [-0.39, 0.29) is 5.97 Å². The standard InChI is InChI=1S/C8H16O3/c1-3-5-8(9)11-7-4-6-10-2/h3-7H2,1-2H3. The summed E-state index contributed by atoms with van der Waals surface area (Å²) in [6.07, 6.45) is 2.15. The van der Waals surface area contributed by atoms with Gasteiger partial charge < -0.3 is 9.47 Å². The Morgan fingerprint density at radius 2 is 2.09 bits per heavy atom. The first-order valence-electron chi connectivity index (χ1n) is 3.95. The van der Waals surface area contributed by atoms with Crippen molar-refractivity contribution in [2.24, 2.45) is 0 Å². The van der Waals surface area contributed by atoms with Gasteiger partial charge in [-0.1, -0.05) is 6.92 Å². The molecule has 0 atom stereocenters. The van der Waals surface area contributed by atoms with Crippen molar-refractivity contribution in [2.75, 3.05) is 20.3 Å². The fraction of sp³-hybridized carbons (Fsp3) is 0.875. The van der Waals surface area contributed by atoms with Crippen molar-refractivity contribution in [2.45, 2.75) is 26.2 Å². The predicted octanol–water partition coefficient (Wildman–Crippen LogP) is 1.37. The zero-order valence-electron chi connectivity index (χ0n) is 7.26. The number of ether oxygens (including phenoxy) is 2. The van der Waals surface area contributed by atoms with Gasteiger partial charge in [0.1, 0.15) is 0 Å². The molecule has 0 aliphatic rings. The van der Waals surface area contributed by atoms with E-state index in [2.05, 4.69) is 0 Å². The first-order valence-corrected chi connectivity index (χ1v) is 3.95. The first-order chi connectivity index (χ1) is 5.31. The van der Waals surface area contributed by atoms with Crippen LogP contribution in [0.3, 0.4) is 0 Å². The molecule has 0 aromatic rings. The monoisotopic (exact) mass is 160 g/mol. The zero-order valence-corrected chi connectivity index (χ0v) is 7.26. The smallest absolute Gasteiger partial charge is 0.305 e. The Hall–Kier alpha value is -0.570. The van der Waals surface area contributed by atoms with Gasteiger partial charge in [-0.2, -0.15) is 0 Å². The maximum atomic E-state index is 10.7. The number of esters is 1. The number of rotatable bonds is 6. The van der Waals surface area contributed by atoms with Crippen LogP contribution in [0.25, 0.3) is 0 Å². The highest BCUT2D eigenvalue weighted by molar-refractivity contribution is 5.69. The van der Waals surface area contributed by atoms with Gasteiger partial charge in [0, 0.05) is 26.6 Å². The summed E-state index contributed by atoms with van der Waals surface area (Å²) in [6, 6.07) is 0. The summed E-state index contributed by atoms with van der Waals surface area (Å²) in [6.45, 7) is 3.09. The third kappa shape index (κ3) is 7.33.